The first kappa shape index (κ1) is 8.70. The molecule has 0 saturated heterocycles. The van der Waals surface area contributed by atoms with Crippen molar-refractivity contribution < 1.29 is 4.79 Å². The number of allylic oxidation sites excluding steroid dienone is 2. The number of carbonyl (C=O) groups excluding carboxylic acids is 1. The minimum atomic E-state index is 0.236. The van der Waals surface area contributed by atoms with Crippen LogP contribution in [0.5, 0.6) is 0 Å². The quantitative estimate of drug-likeness (QED) is 0.432. The first-order valence-electron chi connectivity index (χ1n) is 2.91. The smallest absolute Gasteiger partial charge is 0.147 e. The second kappa shape index (κ2) is 3.67. The summed E-state index contributed by atoms with van der Waals surface area (Å²) in [6.07, 6.45) is 0.813. The van der Waals surface area contributed by atoms with Crippen LogP contribution in [0.2, 0.25) is 0 Å². The third kappa shape index (κ3) is 2.66. The maximum Gasteiger partial charge on any atom is 0.147 e. The highest BCUT2D eigenvalue weighted by Gasteiger charge is 2.03. The molecule has 0 radical (unpaired) electrons. The molecule has 0 rings (SSSR count). The van der Waals surface area contributed by atoms with E-state index in [1.165, 1.54) is 0 Å². The Morgan fingerprint density at radius 2 is 2.00 bits per heavy atom. The zero-order valence-corrected chi connectivity index (χ0v) is 6.70. The fourth-order valence-electron chi connectivity index (χ4n) is 0.615. The van der Waals surface area contributed by atoms with Crippen molar-refractivity contribution in [1.82, 2.24) is 0 Å². The van der Waals surface area contributed by atoms with Crippen molar-refractivity contribution in [3.05, 3.63) is 10.6 Å². The summed E-state index contributed by atoms with van der Waals surface area (Å²) < 4.78 is 0. The molecule has 52 valence electrons. The van der Waals surface area contributed by atoms with Crippen molar-refractivity contribution in [3.8, 4) is 0 Å². The van der Waals surface area contributed by atoms with Gasteiger partial charge in [0, 0.05) is 10.6 Å². The minimum absolute atomic E-state index is 0.236. The predicted molar refractivity (Wildman–Crippen MR) is 39.5 cm³/mol. The molecule has 0 aromatic carbocycles. The van der Waals surface area contributed by atoms with Gasteiger partial charge in [-0.15, -0.1) is 0 Å². The van der Waals surface area contributed by atoms with Crippen LogP contribution in [0.25, 0.3) is 0 Å². The van der Waals surface area contributed by atoms with E-state index in [4.69, 9.17) is 11.6 Å². The normalized spacial score (nSPS) is 13.4. The molecule has 0 spiro atoms. The Hall–Kier alpha value is -0.300. The van der Waals surface area contributed by atoms with Gasteiger partial charge < -0.3 is 0 Å². The lowest BCUT2D eigenvalue weighted by Gasteiger charge is -2.02. The zero-order valence-electron chi connectivity index (χ0n) is 5.94. The Balaban J connectivity index is 4.34. The van der Waals surface area contributed by atoms with Gasteiger partial charge in [0.25, 0.3) is 0 Å². The van der Waals surface area contributed by atoms with Gasteiger partial charge in [0.05, 0.1) is 0 Å². The van der Waals surface area contributed by atoms with Crippen molar-refractivity contribution in [3.63, 3.8) is 0 Å². The van der Waals surface area contributed by atoms with Crippen LogP contribution in [-0.2, 0) is 4.79 Å². The molecule has 2 heteroatoms. The van der Waals surface area contributed by atoms with Gasteiger partial charge in [-0.05, 0) is 12.8 Å². The van der Waals surface area contributed by atoms with Crippen molar-refractivity contribution in [1.29, 1.82) is 0 Å². The predicted octanol–water partition coefficient (Wildman–Crippen LogP) is 2.35. The molecule has 0 atom stereocenters. The van der Waals surface area contributed by atoms with Crippen LogP contribution in [0.3, 0.4) is 0 Å². The molecule has 0 N–H and O–H groups in total. The fraction of sp³-hybridized carbons (Fsp3) is 0.571. The Labute approximate surface area is 60.7 Å². The molecule has 0 bridgehead atoms. The lowest BCUT2D eigenvalue weighted by atomic mass is 10.1. The zero-order chi connectivity index (χ0) is 7.44. The first-order chi connectivity index (χ1) is 4.09. The highest BCUT2D eigenvalue weighted by molar-refractivity contribution is 6.30. The van der Waals surface area contributed by atoms with Gasteiger partial charge in [0.1, 0.15) is 6.29 Å². The van der Waals surface area contributed by atoms with E-state index in [0.717, 1.165) is 6.29 Å². The van der Waals surface area contributed by atoms with Crippen LogP contribution in [-0.4, -0.2) is 6.29 Å². The number of halogens is 1. The standard InChI is InChI=1S/C7H11ClO/c1-5(2)7(4-9)6(3)8/h4-5H,1-3H3/b7-6-. The summed E-state index contributed by atoms with van der Waals surface area (Å²) in [6.45, 7) is 5.61. The van der Waals surface area contributed by atoms with E-state index in [2.05, 4.69) is 0 Å². The maximum absolute atomic E-state index is 10.2. The topological polar surface area (TPSA) is 17.1 Å². The van der Waals surface area contributed by atoms with Gasteiger partial charge in [-0.1, -0.05) is 25.4 Å². The van der Waals surface area contributed by atoms with Crippen molar-refractivity contribution in [2.45, 2.75) is 20.8 Å². The molecule has 0 aliphatic heterocycles. The number of hydrogen-bond acceptors (Lipinski definition) is 1. The third-order valence-corrected chi connectivity index (χ3v) is 1.36. The molecule has 0 aromatic heterocycles. The molecule has 9 heavy (non-hydrogen) atoms. The maximum atomic E-state index is 10.2. The van der Waals surface area contributed by atoms with Gasteiger partial charge in [0.2, 0.25) is 0 Å². The van der Waals surface area contributed by atoms with E-state index < -0.39 is 0 Å². The summed E-state index contributed by atoms with van der Waals surface area (Å²) in [5.74, 6) is 0.236. The Morgan fingerprint density at radius 3 is 2.00 bits per heavy atom. The number of hydrogen-bond donors (Lipinski definition) is 0. The van der Waals surface area contributed by atoms with Crippen molar-refractivity contribution in [2.24, 2.45) is 5.92 Å². The summed E-state index contributed by atoms with van der Waals surface area (Å²) in [7, 11) is 0. The van der Waals surface area contributed by atoms with E-state index in [-0.39, 0.29) is 5.92 Å². The highest BCUT2D eigenvalue weighted by atomic mass is 35.5. The average Bonchev–Trinajstić information content (AvgIpc) is 1.64. The summed E-state index contributed by atoms with van der Waals surface area (Å²) >= 11 is 5.59. The van der Waals surface area contributed by atoms with Gasteiger partial charge in [0.15, 0.2) is 0 Å². The van der Waals surface area contributed by atoms with Crippen LogP contribution >= 0.6 is 11.6 Å². The monoisotopic (exact) mass is 146 g/mol. The molecule has 0 saturated carbocycles. The first-order valence-corrected chi connectivity index (χ1v) is 3.28. The molecule has 0 aliphatic carbocycles. The van der Waals surface area contributed by atoms with Gasteiger partial charge in [-0.25, -0.2) is 0 Å². The Morgan fingerprint density at radius 1 is 1.56 bits per heavy atom. The molecular weight excluding hydrogens is 136 g/mol. The van der Waals surface area contributed by atoms with Crippen LogP contribution in [0.4, 0.5) is 0 Å². The average molecular weight is 147 g/mol. The lowest BCUT2D eigenvalue weighted by molar-refractivity contribution is -0.105. The third-order valence-electron chi connectivity index (χ3n) is 1.15. The fourth-order valence-corrected chi connectivity index (χ4v) is 0.878. The number of aldehydes is 1. The van der Waals surface area contributed by atoms with Crippen LogP contribution in [0, 0.1) is 5.92 Å². The van der Waals surface area contributed by atoms with E-state index >= 15 is 0 Å². The van der Waals surface area contributed by atoms with E-state index in [0.29, 0.717) is 10.6 Å². The van der Waals surface area contributed by atoms with E-state index in [1.807, 2.05) is 13.8 Å². The van der Waals surface area contributed by atoms with Gasteiger partial charge >= 0.3 is 0 Å². The second-order valence-electron chi connectivity index (χ2n) is 2.26. The van der Waals surface area contributed by atoms with E-state index in [1.54, 1.807) is 6.92 Å². The summed E-state index contributed by atoms with van der Waals surface area (Å²) in [5.41, 5.74) is 0.691. The second-order valence-corrected chi connectivity index (χ2v) is 2.83. The summed E-state index contributed by atoms with van der Waals surface area (Å²) in [5, 5.41) is 0.597. The molecule has 0 heterocycles. The molecule has 0 aromatic rings. The molecule has 0 aliphatic rings. The van der Waals surface area contributed by atoms with Crippen molar-refractivity contribution >= 4 is 17.9 Å². The Kier molecular flexibility index (Phi) is 3.55. The minimum Gasteiger partial charge on any atom is -0.298 e. The SMILES string of the molecule is C/C(Cl)=C(\C=O)C(C)C. The summed E-state index contributed by atoms with van der Waals surface area (Å²) in [4.78, 5) is 10.2. The van der Waals surface area contributed by atoms with E-state index in [9.17, 15) is 4.79 Å². The largest absolute Gasteiger partial charge is 0.298 e. The van der Waals surface area contributed by atoms with Gasteiger partial charge in [-0.2, -0.15) is 0 Å². The molecule has 0 amide bonds. The van der Waals surface area contributed by atoms with Gasteiger partial charge in [-0.3, -0.25) is 4.79 Å². The lowest BCUT2D eigenvalue weighted by Crippen LogP contribution is -1.95. The molecule has 1 nitrogen and oxygen atoms in total. The van der Waals surface area contributed by atoms with Crippen LogP contribution in [0.1, 0.15) is 20.8 Å². The molecule has 0 fully saturated rings. The summed E-state index contributed by atoms with van der Waals surface area (Å²) in [6, 6.07) is 0. The molecule has 0 unspecified atom stereocenters. The number of rotatable bonds is 2. The van der Waals surface area contributed by atoms with Crippen LogP contribution in [0.15, 0.2) is 10.6 Å². The van der Waals surface area contributed by atoms with Crippen molar-refractivity contribution in [2.75, 3.05) is 0 Å². The van der Waals surface area contributed by atoms with Crippen LogP contribution < -0.4 is 0 Å². The number of carbonyl (C=O) groups is 1. The highest BCUT2D eigenvalue weighted by Crippen LogP contribution is 2.14. The molecular formula is C7H11ClO. The Bertz CT molecular complexity index is 132.